The zero-order valence-corrected chi connectivity index (χ0v) is 26.2. The number of amidine groups is 1. The van der Waals surface area contributed by atoms with Crippen LogP contribution in [-0.2, 0) is 22.5 Å². The predicted molar refractivity (Wildman–Crippen MR) is 170 cm³/mol. The molecule has 3 aromatic rings. The van der Waals surface area contributed by atoms with E-state index in [0.29, 0.717) is 17.9 Å². The van der Waals surface area contributed by atoms with Gasteiger partial charge in [-0.1, -0.05) is 42.5 Å². The number of rotatable bonds is 9. The van der Waals surface area contributed by atoms with Crippen LogP contribution in [0.15, 0.2) is 71.7 Å². The topological polar surface area (TPSA) is 127 Å². The lowest BCUT2D eigenvalue weighted by atomic mass is 9.95. The maximum Gasteiger partial charge on any atom is 0.408 e. The Morgan fingerprint density at radius 1 is 1.11 bits per heavy atom. The molecule has 2 amide bonds. The summed E-state index contributed by atoms with van der Waals surface area (Å²) < 4.78 is 5.55. The van der Waals surface area contributed by atoms with Crippen LogP contribution < -0.4 is 10.6 Å². The van der Waals surface area contributed by atoms with Crippen molar-refractivity contribution in [1.29, 1.82) is 5.26 Å². The highest BCUT2D eigenvalue weighted by atomic mass is 16.6. The number of nitrogens with zero attached hydrogens (tertiary/aromatic N) is 3. The highest BCUT2D eigenvalue weighted by Crippen LogP contribution is 2.25. The second kappa shape index (κ2) is 13.6. The Balaban J connectivity index is 1.70. The van der Waals surface area contributed by atoms with Gasteiger partial charge < -0.3 is 25.4 Å². The molecule has 3 aromatic carbocycles. The molecule has 9 heteroatoms. The molecule has 0 saturated carbocycles. The molecule has 0 bridgehead atoms. The Morgan fingerprint density at radius 3 is 2.43 bits per heavy atom. The molecule has 1 aliphatic rings. The lowest BCUT2D eigenvalue weighted by Crippen LogP contribution is -2.55. The number of aromatic hydroxyl groups is 1. The number of nitriles is 1. The van der Waals surface area contributed by atoms with Gasteiger partial charge in [0.1, 0.15) is 23.2 Å². The number of carbonyl (C=O) groups excluding carboxylic acids is 2. The molecule has 0 saturated heterocycles. The molecule has 9 nitrogen and oxygen atoms in total. The zero-order chi connectivity index (χ0) is 32.0. The van der Waals surface area contributed by atoms with Crippen molar-refractivity contribution in [2.45, 2.75) is 78.2 Å². The van der Waals surface area contributed by atoms with E-state index < -0.39 is 23.8 Å². The molecule has 0 fully saturated rings. The van der Waals surface area contributed by atoms with E-state index in [1.54, 1.807) is 56.0 Å². The van der Waals surface area contributed by atoms with Crippen LogP contribution in [0.3, 0.4) is 0 Å². The monoisotopic (exact) mass is 595 g/mol. The third-order valence-corrected chi connectivity index (χ3v) is 7.60. The van der Waals surface area contributed by atoms with Gasteiger partial charge in [0.2, 0.25) is 5.91 Å². The second-order valence-electron chi connectivity index (χ2n) is 12.2. The number of hydrogen-bond acceptors (Lipinski definition) is 7. The number of ether oxygens (including phenoxy) is 1. The van der Waals surface area contributed by atoms with Gasteiger partial charge in [-0.25, -0.2) is 4.79 Å². The maximum absolute atomic E-state index is 14.6. The Morgan fingerprint density at radius 2 is 1.80 bits per heavy atom. The quantitative estimate of drug-likeness (QED) is 0.301. The van der Waals surface area contributed by atoms with Crippen molar-refractivity contribution in [3.05, 3.63) is 100 Å². The standard InChI is InChI=1S/C35H41N5O4/c1-22-15-28(41)16-23(2)29(22)18-30(39-34(43)44-35(4,5)6)33(42)40(21-26-12-10-11-25(17-26)19-36)24(3)32-37-20-31(38-32)27-13-8-7-9-14-27/h7-17,24,30-31,41H,18,20-21H2,1-6H3,(H,37,38)(H,39,43)/t24-,30-,31?/m0/s1. The number of nitrogens with one attached hydrogen (secondary N) is 2. The molecule has 230 valence electrons. The van der Waals surface area contributed by atoms with Gasteiger partial charge >= 0.3 is 6.09 Å². The first kappa shape index (κ1) is 32.1. The summed E-state index contributed by atoms with van der Waals surface area (Å²) in [5.74, 6) is 0.472. The molecule has 3 N–H and O–H groups in total. The number of carbonyl (C=O) groups is 2. The summed E-state index contributed by atoms with van der Waals surface area (Å²) in [5.41, 5.74) is 4.05. The normalized spacial score (nSPS) is 15.8. The van der Waals surface area contributed by atoms with Gasteiger partial charge in [0.05, 0.1) is 30.3 Å². The van der Waals surface area contributed by atoms with Gasteiger partial charge in [0, 0.05) is 13.0 Å². The van der Waals surface area contributed by atoms with E-state index in [9.17, 15) is 20.0 Å². The van der Waals surface area contributed by atoms with Gasteiger partial charge in [-0.15, -0.1) is 0 Å². The summed E-state index contributed by atoms with van der Waals surface area (Å²) in [6.07, 6.45) is -0.520. The zero-order valence-electron chi connectivity index (χ0n) is 26.2. The van der Waals surface area contributed by atoms with Crippen LogP contribution in [0.5, 0.6) is 5.75 Å². The molecule has 1 aliphatic heterocycles. The van der Waals surface area contributed by atoms with Crippen LogP contribution in [0.25, 0.3) is 0 Å². The number of aryl methyl sites for hydroxylation is 2. The Hall–Kier alpha value is -4.84. The van der Waals surface area contributed by atoms with Crippen LogP contribution in [0.2, 0.25) is 0 Å². The van der Waals surface area contributed by atoms with E-state index in [0.717, 1.165) is 27.8 Å². The van der Waals surface area contributed by atoms with E-state index in [4.69, 9.17) is 9.73 Å². The Kier molecular flexibility index (Phi) is 9.94. The lowest BCUT2D eigenvalue weighted by Gasteiger charge is -2.34. The molecule has 1 heterocycles. The third-order valence-electron chi connectivity index (χ3n) is 7.60. The number of alkyl carbamates (subject to hydrolysis) is 1. The first-order chi connectivity index (χ1) is 20.8. The number of aliphatic imine (C=N–C) groups is 1. The molecular formula is C35H41N5O4. The number of phenolic OH excluding ortho intramolecular Hbond substituents is 1. The molecule has 0 aromatic heterocycles. The molecular weight excluding hydrogens is 554 g/mol. The SMILES string of the molecule is Cc1cc(O)cc(C)c1C[C@H](NC(=O)OC(C)(C)C)C(=O)N(Cc1cccc(C#N)c1)[C@@H](C)C1=NCC(c2ccccc2)N1. The first-order valence-electron chi connectivity index (χ1n) is 14.8. The fourth-order valence-electron chi connectivity index (χ4n) is 5.42. The average Bonchev–Trinajstić information content (AvgIpc) is 3.46. The predicted octanol–water partition coefficient (Wildman–Crippen LogP) is 5.48. The summed E-state index contributed by atoms with van der Waals surface area (Å²) in [7, 11) is 0. The van der Waals surface area contributed by atoms with Crippen molar-refractivity contribution >= 4 is 17.8 Å². The van der Waals surface area contributed by atoms with Gasteiger partial charge in [0.15, 0.2) is 0 Å². The third kappa shape index (κ3) is 8.16. The molecule has 0 aliphatic carbocycles. The summed E-state index contributed by atoms with van der Waals surface area (Å²) in [6.45, 7) is 11.7. The molecule has 0 spiro atoms. The number of hydrogen-bond donors (Lipinski definition) is 3. The van der Waals surface area contributed by atoms with Crippen LogP contribution in [0.1, 0.15) is 67.1 Å². The fourth-order valence-corrected chi connectivity index (χ4v) is 5.42. The number of benzene rings is 3. The first-order valence-corrected chi connectivity index (χ1v) is 14.8. The van der Waals surface area contributed by atoms with Crippen molar-refractivity contribution in [2.24, 2.45) is 4.99 Å². The van der Waals surface area contributed by atoms with Gasteiger partial charge in [0.25, 0.3) is 0 Å². The average molecular weight is 596 g/mol. The lowest BCUT2D eigenvalue weighted by molar-refractivity contribution is -0.135. The molecule has 1 unspecified atom stereocenters. The largest absolute Gasteiger partial charge is 0.508 e. The Labute approximate surface area is 259 Å². The van der Waals surface area contributed by atoms with Crippen LogP contribution in [0, 0.1) is 25.2 Å². The number of phenols is 1. The minimum absolute atomic E-state index is 0.0227. The summed E-state index contributed by atoms with van der Waals surface area (Å²) in [6, 6.07) is 21.1. The van der Waals surface area contributed by atoms with E-state index in [1.807, 2.05) is 57.2 Å². The van der Waals surface area contributed by atoms with Crippen molar-refractivity contribution in [3.8, 4) is 11.8 Å². The van der Waals surface area contributed by atoms with Gasteiger partial charge in [-0.05, 0) is 93.6 Å². The van der Waals surface area contributed by atoms with Crippen molar-refractivity contribution in [3.63, 3.8) is 0 Å². The van der Waals surface area contributed by atoms with Crippen LogP contribution >= 0.6 is 0 Å². The van der Waals surface area contributed by atoms with Crippen molar-refractivity contribution in [1.82, 2.24) is 15.5 Å². The minimum Gasteiger partial charge on any atom is -0.508 e. The Bertz CT molecular complexity index is 1550. The summed E-state index contributed by atoms with van der Waals surface area (Å²) in [5, 5.41) is 26.0. The van der Waals surface area contributed by atoms with E-state index in [-0.39, 0.29) is 30.7 Å². The summed E-state index contributed by atoms with van der Waals surface area (Å²) >= 11 is 0. The molecule has 3 atom stereocenters. The highest BCUT2D eigenvalue weighted by Gasteiger charge is 2.35. The summed E-state index contributed by atoms with van der Waals surface area (Å²) in [4.78, 5) is 34.1. The number of amides is 2. The smallest absolute Gasteiger partial charge is 0.408 e. The maximum atomic E-state index is 14.6. The van der Waals surface area contributed by atoms with E-state index in [2.05, 4.69) is 16.7 Å². The van der Waals surface area contributed by atoms with E-state index >= 15 is 0 Å². The molecule has 0 radical (unpaired) electrons. The van der Waals surface area contributed by atoms with Crippen LogP contribution in [-0.4, -0.2) is 52.1 Å². The van der Waals surface area contributed by atoms with Crippen molar-refractivity contribution < 1.29 is 19.4 Å². The highest BCUT2D eigenvalue weighted by molar-refractivity contribution is 5.94. The minimum atomic E-state index is -0.986. The molecule has 44 heavy (non-hydrogen) atoms. The molecule has 4 rings (SSSR count). The van der Waals surface area contributed by atoms with E-state index in [1.165, 1.54) is 0 Å². The van der Waals surface area contributed by atoms with Crippen LogP contribution in [0.4, 0.5) is 4.79 Å². The van der Waals surface area contributed by atoms with Gasteiger partial charge in [-0.2, -0.15) is 5.26 Å². The van der Waals surface area contributed by atoms with Crippen molar-refractivity contribution in [2.75, 3.05) is 6.54 Å². The van der Waals surface area contributed by atoms with Gasteiger partial charge in [-0.3, -0.25) is 9.79 Å². The second-order valence-corrected chi connectivity index (χ2v) is 12.2. The fraction of sp³-hybridized carbons (Fsp3) is 0.371.